The van der Waals surface area contributed by atoms with Crippen LogP contribution >= 0.6 is 0 Å². The number of carbonyl (C=O) groups excluding carboxylic acids is 2. The topological polar surface area (TPSA) is 106 Å². The van der Waals surface area contributed by atoms with Gasteiger partial charge in [0.1, 0.15) is 4.90 Å². The molecule has 31 heavy (non-hydrogen) atoms. The van der Waals surface area contributed by atoms with E-state index in [9.17, 15) is 18.0 Å². The first-order chi connectivity index (χ1) is 14.6. The molecule has 0 aromatic heterocycles. The van der Waals surface area contributed by atoms with Crippen molar-refractivity contribution >= 4 is 28.0 Å². The zero-order valence-corrected chi connectivity index (χ0v) is 19.3. The highest BCUT2D eigenvalue weighted by Crippen LogP contribution is 2.37. The second kappa shape index (κ2) is 10.6. The fourth-order valence-electron chi connectivity index (χ4n) is 3.16. The molecule has 1 saturated heterocycles. The lowest BCUT2D eigenvalue weighted by Crippen LogP contribution is -2.52. The van der Waals surface area contributed by atoms with E-state index in [0.29, 0.717) is 18.7 Å². The number of piperazine rings is 1. The molecule has 1 heterocycles. The molecule has 0 atom stereocenters. The van der Waals surface area contributed by atoms with Crippen molar-refractivity contribution < 1.29 is 32.2 Å². The van der Waals surface area contributed by atoms with Crippen LogP contribution in [0.5, 0.6) is 11.5 Å². The predicted molar refractivity (Wildman–Crippen MR) is 114 cm³/mol. The molecule has 0 spiro atoms. The van der Waals surface area contributed by atoms with E-state index in [4.69, 9.17) is 9.47 Å². The highest BCUT2D eigenvalue weighted by molar-refractivity contribution is 7.89. The summed E-state index contributed by atoms with van der Waals surface area (Å²) in [5, 5.41) is 0. The standard InChI is InChI=1S/C20H29N3O7S/c1-21(2)14-18(24)22-8-10-23(11-9-22)31(26,27)17-13-15(6-7-19(25)29-4)12-16(28-3)20(17)30-5/h6-7,12-13H,8-11,14H2,1-5H3/b7-6+. The number of likely N-dealkylation sites (N-methyl/N-ethyl adjacent to an activating group) is 1. The van der Waals surface area contributed by atoms with Crippen molar-refractivity contribution in [2.45, 2.75) is 4.90 Å². The number of hydrogen-bond donors (Lipinski definition) is 0. The smallest absolute Gasteiger partial charge is 0.330 e. The maximum atomic E-state index is 13.4. The summed E-state index contributed by atoms with van der Waals surface area (Å²) in [5.74, 6) is -0.328. The Morgan fingerprint density at radius 3 is 2.23 bits per heavy atom. The lowest BCUT2D eigenvalue weighted by atomic mass is 10.2. The fourth-order valence-corrected chi connectivity index (χ4v) is 4.78. The van der Waals surface area contributed by atoms with Crippen LogP contribution in [0.25, 0.3) is 6.08 Å². The third-order valence-electron chi connectivity index (χ3n) is 4.74. The zero-order valence-electron chi connectivity index (χ0n) is 18.5. The van der Waals surface area contributed by atoms with Gasteiger partial charge in [-0.15, -0.1) is 0 Å². The molecule has 10 nitrogen and oxygen atoms in total. The number of sulfonamides is 1. The van der Waals surface area contributed by atoms with E-state index in [-0.39, 0.29) is 41.9 Å². The monoisotopic (exact) mass is 455 g/mol. The van der Waals surface area contributed by atoms with Crippen molar-refractivity contribution in [1.29, 1.82) is 0 Å². The van der Waals surface area contributed by atoms with E-state index in [1.165, 1.54) is 43.9 Å². The van der Waals surface area contributed by atoms with E-state index in [2.05, 4.69) is 4.74 Å². The van der Waals surface area contributed by atoms with Gasteiger partial charge in [-0.1, -0.05) is 0 Å². The van der Waals surface area contributed by atoms with E-state index in [0.717, 1.165) is 0 Å². The summed E-state index contributed by atoms with van der Waals surface area (Å²) in [5.41, 5.74) is 0.432. The van der Waals surface area contributed by atoms with Gasteiger partial charge in [-0.05, 0) is 37.9 Å². The fraction of sp³-hybridized carbons (Fsp3) is 0.500. The Hall–Kier alpha value is -2.63. The van der Waals surface area contributed by atoms with Gasteiger partial charge in [0, 0.05) is 32.3 Å². The van der Waals surface area contributed by atoms with Gasteiger partial charge in [-0.2, -0.15) is 4.31 Å². The number of ether oxygens (including phenoxy) is 3. The second-order valence-electron chi connectivity index (χ2n) is 7.13. The molecular weight excluding hydrogens is 426 g/mol. The lowest BCUT2D eigenvalue weighted by molar-refractivity contribution is -0.135. The first-order valence-corrected chi connectivity index (χ1v) is 11.0. The summed E-state index contributed by atoms with van der Waals surface area (Å²) >= 11 is 0. The van der Waals surface area contributed by atoms with Crippen molar-refractivity contribution in [2.24, 2.45) is 0 Å². The Morgan fingerprint density at radius 2 is 1.71 bits per heavy atom. The van der Waals surface area contributed by atoms with E-state index in [1.807, 2.05) is 0 Å². The molecule has 0 N–H and O–H groups in total. The minimum absolute atomic E-state index is 0.0451. The third-order valence-corrected chi connectivity index (χ3v) is 6.64. The van der Waals surface area contributed by atoms with Crippen LogP contribution in [0.4, 0.5) is 0 Å². The van der Waals surface area contributed by atoms with Gasteiger partial charge in [0.2, 0.25) is 15.9 Å². The van der Waals surface area contributed by atoms with Crippen molar-refractivity contribution in [3.63, 3.8) is 0 Å². The summed E-state index contributed by atoms with van der Waals surface area (Å²) in [6.45, 7) is 1.19. The molecule has 1 aromatic carbocycles. The average Bonchev–Trinajstić information content (AvgIpc) is 2.76. The summed E-state index contributed by atoms with van der Waals surface area (Å²) < 4.78 is 43.3. The first-order valence-electron chi connectivity index (χ1n) is 9.58. The van der Waals surface area contributed by atoms with Gasteiger partial charge < -0.3 is 24.0 Å². The minimum atomic E-state index is -3.95. The van der Waals surface area contributed by atoms with Gasteiger partial charge in [-0.3, -0.25) is 4.79 Å². The van der Waals surface area contributed by atoms with E-state index in [1.54, 1.807) is 30.0 Å². The Kier molecular flexibility index (Phi) is 8.43. The minimum Gasteiger partial charge on any atom is -0.493 e. The Labute approximate surface area is 183 Å². The summed E-state index contributed by atoms with van der Waals surface area (Å²) in [6, 6.07) is 2.98. The van der Waals surface area contributed by atoms with Crippen molar-refractivity contribution in [3.8, 4) is 11.5 Å². The molecule has 1 aliphatic rings. The van der Waals surface area contributed by atoms with E-state index >= 15 is 0 Å². The number of benzene rings is 1. The summed E-state index contributed by atoms with van der Waals surface area (Å²) in [7, 11) is 3.67. The Bertz CT molecular complexity index is 936. The molecule has 0 saturated carbocycles. The van der Waals surface area contributed by atoms with Crippen LogP contribution in [-0.2, 0) is 24.3 Å². The molecule has 0 aliphatic carbocycles. The third kappa shape index (κ3) is 5.96. The largest absolute Gasteiger partial charge is 0.493 e. The summed E-state index contributed by atoms with van der Waals surface area (Å²) in [4.78, 5) is 27.0. The van der Waals surface area contributed by atoms with Gasteiger partial charge in [0.05, 0.1) is 27.9 Å². The van der Waals surface area contributed by atoms with Crippen LogP contribution in [-0.4, -0.2) is 103 Å². The molecule has 1 amide bonds. The molecule has 1 fully saturated rings. The van der Waals surface area contributed by atoms with Crippen LogP contribution in [0.15, 0.2) is 23.1 Å². The molecule has 2 rings (SSSR count). The first kappa shape index (κ1) is 24.6. The second-order valence-corrected chi connectivity index (χ2v) is 9.04. The van der Waals surface area contributed by atoms with Crippen LogP contribution < -0.4 is 9.47 Å². The van der Waals surface area contributed by atoms with Crippen molar-refractivity contribution in [2.75, 3.05) is 68.1 Å². The molecular formula is C20H29N3O7S. The SMILES string of the molecule is COC(=O)/C=C/c1cc(OC)c(OC)c(S(=O)(=O)N2CCN(C(=O)CN(C)C)CC2)c1. The molecule has 172 valence electrons. The summed E-state index contributed by atoms with van der Waals surface area (Å²) in [6.07, 6.45) is 2.62. The molecule has 11 heteroatoms. The molecule has 1 aliphatic heterocycles. The van der Waals surface area contributed by atoms with Crippen molar-refractivity contribution in [3.05, 3.63) is 23.8 Å². The van der Waals surface area contributed by atoms with Crippen LogP contribution in [0.1, 0.15) is 5.56 Å². The highest BCUT2D eigenvalue weighted by atomic mass is 32.2. The number of methoxy groups -OCH3 is 3. The normalized spacial score (nSPS) is 15.4. The number of rotatable bonds is 8. The quantitative estimate of drug-likeness (QED) is 0.407. The molecule has 1 aromatic rings. The predicted octanol–water partition coefficient (Wildman–Crippen LogP) is 0.285. The Morgan fingerprint density at radius 1 is 1.06 bits per heavy atom. The molecule has 0 bridgehead atoms. The van der Waals surface area contributed by atoms with Gasteiger partial charge >= 0.3 is 5.97 Å². The Balaban J connectivity index is 2.34. The van der Waals surface area contributed by atoms with Crippen LogP contribution in [0.3, 0.4) is 0 Å². The number of esters is 1. The lowest BCUT2D eigenvalue weighted by Gasteiger charge is -2.34. The zero-order chi connectivity index (χ0) is 23.2. The van der Waals surface area contributed by atoms with Crippen LogP contribution in [0.2, 0.25) is 0 Å². The van der Waals surface area contributed by atoms with E-state index < -0.39 is 16.0 Å². The van der Waals surface area contributed by atoms with Gasteiger partial charge in [-0.25, -0.2) is 13.2 Å². The van der Waals surface area contributed by atoms with Gasteiger partial charge in [0.25, 0.3) is 0 Å². The highest BCUT2D eigenvalue weighted by Gasteiger charge is 2.33. The maximum Gasteiger partial charge on any atom is 0.330 e. The van der Waals surface area contributed by atoms with Crippen LogP contribution in [0, 0.1) is 0 Å². The number of hydrogen-bond acceptors (Lipinski definition) is 8. The van der Waals surface area contributed by atoms with Gasteiger partial charge in [0.15, 0.2) is 11.5 Å². The number of amides is 1. The van der Waals surface area contributed by atoms with Crippen molar-refractivity contribution in [1.82, 2.24) is 14.1 Å². The number of nitrogens with zero attached hydrogens (tertiary/aromatic N) is 3. The maximum absolute atomic E-state index is 13.4. The molecule has 0 radical (unpaired) electrons. The molecule has 0 unspecified atom stereocenters. The average molecular weight is 456 g/mol. The number of carbonyl (C=O) groups is 2.